The van der Waals surface area contributed by atoms with Crippen LogP contribution in [0.5, 0.6) is 5.75 Å². The number of carbonyl (C=O) groups excluding carboxylic acids is 4. The van der Waals surface area contributed by atoms with Crippen LogP contribution in [0.2, 0.25) is 0 Å². The molecule has 3 aliphatic rings. The number of phosphoric ester groups is 1. The number of amides is 4. The molecule has 1 aromatic carbocycles. The molecule has 3 aliphatic heterocycles. The molecule has 0 aliphatic carbocycles. The molecule has 0 radical (unpaired) electrons. The Balaban J connectivity index is 1.37. The van der Waals surface area contributed by atoms with Gasteiger partial charge in [0.25, 0.3) is 11.8 Å². The first kappa shape index (κ1) is 40.1. The van der Waals surface area contributed by atoms with E-state index in [4.69, 9.17) is 24.1 Å². The van der Waals surface area contributed by atoms with Crippen LogP contribution in [0.1, 0.15) is 65.6 Å². The van der Waals surface area contributed by atoms with Gasteiger partial charge < -0.3 is 53.4 Å². The molecule has 3 atom stereocenters. The van der Waals surface area contributed by atoms with Gasteiger partial charge in [-0.2, -0.15) is 0 Å². The molecule has 0 unspecified atom stereocenters. The number of phosphoric acid groups is 1. The van der Waals surface area contributed by atoms with Crippen LogP contribution in [0.4, 0.5) is 18.4 Å². The first-order valence-corrected chi connectivity index (χ1v) is 18.1. The van der Waals surface area contributed by atoms with Crippen LogP contribution in [0.15, 0.2) is 34.3 Å². The lowest BCUT2D eigenvalue weighted by Crippen LogP contribution is -2.52. The minimum absolute atomic E-state index is 0.0539. The van der Waals surface area contributed by atoms with Crippen molar-refractivity contribution in [3.63, 3.8) is 0 Å². The molecule has 4 amide bonds. The quantitative estimate of drug-likeness (QED) is 0.208. The van der Waals surface area contributed by atoms with Crippen molar-refractivity contribution in [2.45, 2.75) is 57.3 Å². The van der Waals surface area contributed by atoms with Gasteiger partial charge in [-0.15, -0.1) is 0 Å². The number of ether oxygens (including phenoxy) is 3. The Bertz CT molecular complexity index is 1960. The van der Waals surface area contributed by atoms with Gasteiger partial charge in [-0.25, -0.2) is 27.5 Å². The van der Waals surface area contributed by atoms with E-state index in [9.17, 15) is 37.3 Å². The van der Waals surface area contributed by atoms with Gasteiger partial charge in [0.15, 0.2) is 11.3 Å². The number of rotatable bonds is 12. The third kappa shape index (κ3) is 8.81. The van der Waals surface area contributed by atoms with Crippen LogP contribution < -0.4 is 15.5 Å². The summed E-state index contributed by atoms with van der Waals surface area (Å²) in [6.07, 6.45) is 0.650. The second-order valence-corrected chi connectivity index (χ2v) is 14.3. The summed E-state index contributed by atoms with van der Waals surface area (Å²) in [6, 6.07) is 1.87. The first-order chi connectivity index (χ1) is 25.4. The maximum absolute atomic E-state index is 14.4. The van der Waals surface area contributed by atoms with Crippen LogP contribution in [0.25, 0.3) is 0 Å². The average Bonchev–Trinajstić information content (AvgIpc) is 3.44. The molecule has 54 heavy (non-hydrogen) atoms. The molecule has 3 N–H and O–H groups in total. The zero-order chi connectivity index (χ0) is 39.5. The molecular formula is C32H39F2N6O13P. The van der Waals surface area contributed by atoms with E-state index in [-0.39, 0.29) is 36.9 Å². The molecule has 1 spiro atoms. The van der Waals surface area contributed by atoms with Crippen molar-refractivity contribution in [1.29, 1.82) is 0 Å². The van der Waals surface area contributed by atoms with Crippen molar-refractivity contribution in [1.82, 2.24) is 24.6 Å². The van der Waals surface area contributed by atoms with Gasteiger partial charge in [-0.1, -0.05) is 11.2 Å². The highest BCUT2D eigenvalue weighted by atomic mass is 31.2. The molecule has 2 bridgehead atoms. The van der Waals surface area contributed by atoms with Crippen molar-refractivity contribution < 1.29 is 65.9 Å². The van der Waals surface area contributed by atoms with Gasteiger partial charge in [0.2, 0.25) is 24.8 Å². The number of hydrogen-bond donors (Lipinski definition) is 3. The minimum atomic E-state index is -4.86. The number of pyridine rings is 1. The summed E-state index contributed by atoms with van der Waals surface area (Å²) >= 11 is 0. The summed E-state index contributed by atoms with van der Waals surface area (Å²) in [7, 11) is -2.25. The lowest BCUT2D eigenvalue weighted by atomic mass is 9.84. The van der Waals surface area contributed by atoms with Crippen molar-refractivity contribution in [3.05, 3.63) is 63.1 Å². The topological polar surface area (TPSA) is 228 Å². The van der Waals surface area contributed by atoms with E-state index in [0.29, 0.717) is 31.0 Å². The van der Waals surface area contributed by atoms with Gasteiger partial charge in [0.1, 0.15) is 17.2 Å². The van der Waals surface area contributed by atoms with Crippen LogP contribution in [-0.4, -0.2) is 118 Å². The van der Waals surface area contributed by atoms with Crippen LogP contribution in [0, 0.1) is 11.6 Å². The number of hydrogen-bond acceptors (Lipinski definition) is 12. The molecule has 19 nitrogen and oxygen atoms in total. The second-order valence-electron chi connectivity index (χ2n) is 13.1. The summed E-state index contributed by atoms with van der Waals surface area (Å²) in [5.41, 5.74) is -2.01. The third-order valence-electron chi connectivity index (χ3n) is 9.31. The van der Waals surface area contributed by atoms with Gasteiger partial charge in [0, 0.05) is 70.6 Å². The molecular weight excluding hydrogens is 745 g/mol. The molecule has 22 heteroatoms. The number of nitrogens with one attached hydrogen (secondary N) is 1. The predicted molar refractivity (Wildman–Crippen MR) is 180 cm³/mol. The average molecular weight is 785 g/mol. The minimum Gasteiger partial charge on any atom is -0.451 e. The number of nitrogens with zero attached hydrogens (tertiary/aromatic N) is 5. The fourth-order valence-electron chi connectivity index (χ4n) is 6.33. The maximum atomic E-state index is 14.4. The summed E-state index contributed by atoms with van der Waals surface area (Å²) in [4.78, 5) is 93.4. The van der Waals surface area contributed by atoms with E-state index in [0.717, 1.165) is 21.9 Å². The first-order valence-electron chi connectivity index (χ1n) is 16.5. The monoisotopic (exact) mass is 784 g/mol. The third-order valence-corrected chi connectivity index (χ3v) is 9.75. The number of carbonyl (C=O) groups is 4. The van der Waals surface area contributed by atoms with Crippen molar-refractivity contribution >= 4 is 37.5 Å². The highest BCUT2D eigenvalue weighted by Gasteiger charge is 2.54. The fourth-order valence-corrected chi connectivity index (χ4v) is 6.52. The predicted octanol–water partition coefficient (Wildman–Crippen LogP) is 2.31. The highest BCUT2D eigenvalue weighted by molar-refractivity contribution is 7.46. The van der Waals surface area contributed by atoms with Gasteiger partial charge in [-0.3, -0.25) is 14.4 Å². The van der Waals surface area contributed by atoms with Crippen molar-refractivity contribution in [3.8, 4) is 5.75 Å². The van der Waals surface area contributed by atoms with Gasteiger partial charge in [-0.05, 0) is 32.8 Å². The molecule has 2 aromatic rings. The smallest absolute Gasteiger partial charge is 0.451 e. The summed E-state index contributed by atoms with van der Waals surface area (Å²) in [5, 5.41) is 6.63. The lowest BCUT2D eigenvalue weighted by molar-refractivity contribution is -0.0657. The number of halogens is 2. The Kier molecular flexibility index (Phi) is 11.9. The van der Waals surface area contributed by atoms with E-state index in [1.165, 1.54) is 24.9 Å². The zero-order valence-electron chi connectivity index (χ0n) is 29.7. The fraction of sp³-hybridized carbons (Fsp3) is 0.500. The molecule has 1 fully saturated rings. The summed E-state index contributed by atoms with van der Waals surface area (Å²) in [5.74, 6) is -3.86. The molecule has 0 saturated carbocycles. The Labute approximate surface area is 306 Å². The molecule has 4 heterocycles. The van der Waals surface area contributed by atoms with E-state index >= 15 is 0 Å². The van der Waals surface area contributed by atoms with Crippen LogP contribution in [0.3, 0.4) is 0 Å². The summed E-state index contributed by atoms with van der Waals surface area (Å²) < 4.78 is 59.5. The Hall–Kier alpha value is -5.11. The molecule has 1 saturated heterocycles. The standard InChI is InChI=1S/C32H39F2N6O13P/c1-18-12-32(53-36-18)8-7-19(2)39-15-24(32)40-14-22(28(42)35-13-20-5-6-21(33)11-23(20)34)26(41)27(25(40)29(39)43)49-16-50-30(44)37(3)9-10-38(4)31(45)51-17-52-54(46,47)48/h5-6,11,14,19,24H,7-10,12-13,15-17H2,1-4H3,(H,35,42)(H2,46,47,48)/t19-,24+,32-/m0/s1. The molecule has 1 aromatic heterocycles. The van der Waals surface area contributed by atoms with E-state index < -0.39 is 92.0 Å². The number of aromatic nitrogens is 1. The number of benzene rings is 1. The highest BCUT2D eigenvalue weighted by Crippen LogP contribution is 2.46. The normalized spacial score (nSPS) is 20.3. The number of fused-ring (bicyclic) bond motifs is 5. The molecule has 5 rings (SSSR count). The zero-order valence-corrected chi connectivity index (χ0v) is 30.5. The maximum Gasteiger partial charge on any atom is 0.472 e. The van der Waals surface area contributed by atoms with E-state index in [1.54, 1.807) is 11.8 Å². The molecule has 294 valence electrons. The Morgan fingerprint density at radius 1 is 1.11 bits per heavy atom. The Morgan fingerprint density at radius 2 is 1.78 bits per heavy atom. The van der Waals surface area contributed by atoms with Crippen LogP contribution in [-0.2, 0) is 29.9 Å². The van der Waals surface area contributed by atoms with Crippen molar-refractivity contribution in [2.75, 3.05) is 47.3 Å². The van der Waals surface area contributed by atoms with Crippen molar-refractivity contribution in [2.24, 2.45) is 5.16 Å². The lowest BCUT2D eigenvalue weighted by Gasteiger charge is -2.42. The van der Waals surface area contributed by atoms with Gasteiger partial charge in [0.05, 0.1) is 11.8 Å². The van der Waals surface area contributed by atoms with Gasteiger partial charge >= 0.3 is 20.0 Å². The SMILES string of the molecule is CC1=NO[C@@]2(CC[C@H](C)N3C[C@H]2n2cc(C(=O)NCc4ccc(F)cc4F)c(=O)c(OCOC(=O)N(C)CCN(C)C(=O)OCOP(=O)(O)O)c2C3=O)C1. The number of oxime groups is 1. The Morgan fingerprint density at radius 3 is 2.39 bits per heavy atom. The largest absolute Gasteiger partial charge is 0.472 e. The van der Waals surface area contributed by atoms with Crippen LogP contribution >= 0.6 is 7.82 Å². The number of likely N-dealkylation sites (N-methyl/N-ethyl adjacent to an activating group) is 2. The summed E-state index contributed by atoms with van der Waals surface area (Å²) in [6.45, 7) is 1.24. The van der Waals surface area contributed by atoms with E-state index in [2.05, 4.69) is 19.7 Å². The van der Waals surface area contributed by atoms with E-state index in [1.807, 2.05) is 6.92 Å². The second kappa shape index (κ2) is 16.1.